The van der Waals surface area contributed by atoms with Crippen molar-refractivity contribution < 1.29 is 9.90 Å². The molecule has 1 amide bonds. The fraction of sp³-hybridized carbons (Fsp3) is 0.588. The Hall–Kier alpha value is -1.43. The topological polar surface area (TPSA) is 64.6 Å². The molecule has 1 fully saturated rings. The van der Waals surface area contributed by atoms with Crippen LogP contribution in [0, 0.1) is 0 Å². The summed E-state index contributed by atoms with van der Waals surface area (Å²) in [6.45, 7) is 3.31. The predicted octanol–water partition coefficient (Wildman–Crippen LogP) is 0.392. The van der Waals surface area contributed by atoms with Crippen LogP contribution < -0.4 is 10.6 Å². The molecule has 0 spiro atoms. The van der Waals surface area contributed by atoms with Gasteiger partial charge < -0.3 is 20.6 Å². The molecule has 1 unspecified atom stereocenters. The maximum atomic E-state index is 12.6. The van der Waals surface area contributed by atoms with Crippen LogP contribution in [-0.2, 0) is 11.2 Å². The van der Waals surface area contributed by atoms with Crippen LogP contribution in [0.1, 0.15) is 18.4 Å². The summed E-state index contributed by atoms with van der Waals surface area (Å²) in [5.74, 6) is -0.133. The van der Waals surface area contributed by atoms with Crippen LogP contribution in [-0.4, -0.2) is 61.3 Å². The highest BCUT2D eigenvalue weighted by atomic mass is 16.3. The average molecular weight is 305 g/mol. The zero-order chi connectivity index (χ0) is 15.8. The van der Waals surface area contributed by atoms with E-state index in [9.17, 15) is 9.90 Å². The highest BCUT2D eigenvalue weighted by Gasteiger charge is 2.41. The molecule has 0 saturated carbocycles. The number of hydrogen-bond donors (Lipinski definition) is 3. The lowest BCUT2D eigenvalue weighted by Crippen LogP contribution is -2.58. The molecule has 1 atom stereocenters. The first-order valence-corrected chi connectivity index (χ1v) is 8.07. The zero-order valence-electron chi connectivity index (χ0n) is 13.3. The fourth-order valence-electron chi connectivity index (χ4n) is 2.86. The Kier molecular flexibility index (Phi) is 6.36. The minimum atomic E-state index is -1.25. The molecule has 0 aliphatic carbocycles. The molecular formula is C17H27N3O2. The van der Waals surface area contributed by atoms with Gasteiger partial charge in [0, 0.05) is 32.7 Å². The largest absolute Gasteiger partial charge is 0.379 e. The third-order valence-electron chi connectivity index (χ3n) is 4.19. The number of hydrogen-bond acceptors (Lipinski definition) is 4. The monoisotopic (exact) mass is 305 g/mol. The lowest BCUT2D eigenvalue weighted by atomic mass is 9.91. The van der Waals surface area contributed by atoms with Gasteiger partial charge in [-0.1, -0.05) is 30.3 Å². The lowest BCUT2D eigenvalue weighted by Gasteiger charge is -2.38. The van der Waals surface area contributed by atoms with Gasteiger partial charge in [0.05, 0.1) is 0 Å². The van der Waals surface area contributed by atoms with Gasteiger partial charge in [-0.15, -0.1) is 0 Å². The van der Waals surface area contributed by atoms with E-state index < -0.39 is 5.60 Å². The second kappa shape index (κ2) is 8.27. The van der Waals surface area contributed by atoms with Crippen molar-refractivity contribution in [3.63, 3.8) is 0 Å². The van der Waals surface area contributed by atoms with Gasteiger partial charge in [-0.2, -0.15) is 0 Å². The van der Waals surface area contributed by atoms with Crippen molar-refractivity contribution in [3.05, 3.63) is 35.9 Å². The quantitative estimate of drug-likeness (QED) is 0.608. The van der Waals surface area contributed by atoms with Gasteiger partial charge in [-0.3, -0.25) is 4.79 Å². The standard InChI is InChI=1S/C17H27N3O2/c1-18-10-11-19-14-17(22)9-5-12-20(16(17)21)13-8-15-6-3-2-4-7-15/h2-4,6-7,18-19,22H,5,8-14H2,1H3. The van der Waals surface area contributed by atoms with Gasteiger partial charge in [0.25, 0.3) is 5.91 Å². The molecule has 1 aliphatic heterocycles. The molecule has 1 heterocycles. The Morgan fingerprint density at radius 3 is 2.77 bits per heavy atom. The summed E-state index contributed by atoms with van der Waals surface area (Å²) < 4.78 is 0. The summed E-state index contributed by atoms with van der Waals surface area (Å²) in [7, 11) is 1.88. The average Bonchev–Trinajstić information content (AvgIpc) is 2.54. The molecule has 1 aromatic rings. The Morgan fingerprint density at radius 1 is 1.27 bits per heavy atom. The first-order valence-electron chi connectivity index (χ1n) is 8.07. The fourth-order valence-corrected chi connectivity index (χ4v) is 2.86. The van der Waals surface area contributed by atoms with E-state index in [0.717, 1.165) is 32.5 Å². The molecule has 1 aromatic carbocycles. The van der Waals surface area contributed by atoms with E-state index in [1.807, 2.05) is 25.2 Å². The van der Waals surface area contributed by atoms with Gasteiger partial charge in [0.1, 0.15) is 0 Å². The molecule has 5 nitrogen and oxygen atoms in total. The number of likely N-dealkylation sites (N-methyl/N-ethyl adjacent to an activating group) is 1. The first kappa shape index (κ1) is 16.9. The van der Waals surface area contributed by atoms with E-state index in [1.54, 1.807) is 4.90 Å². The number of amides is 1. The minimum Gasteiger partial charge on any atom is -0.379 e. The normalized spacial score (nSPS) is 22.1. The van der Waals surface area contributed by atoms with Crippen molar-refractivity contribution in [2.45, 2.75) is 24.9 Å². The smallest absolute Gasteiger partial charge is 0.255 e. The summed E-state index contributed by atoms with van der Waals surface area (Å²) in [6, 6.07) is 10.1. The predicted molar refractivity (Wildman–Crippen MR) is 87.7 cm³/mol. The molecule has 0 radical (unpaired) electrons. The molecule has 0 aromatic heterocycles. The Labute approximate surface area is 132 Å². The van der Waals surface area contributed by atoms with Crippen molar-refractivity contribution in [2.75, 3.05) is 39.8 Å². The molecule has 5 heteroatoms. The summed E-state index contributed by atoms with van der Waals surface area (Å²) in [6.07, 6.45) is 2.22. The molecule has 3 N–H and O–H groups in total. The second-order valence-electron chi connectivity index (χ2n) is 5.94. The highest BCUT2D eigenvalue weighted by Crippen LogP contribution is 2.22. The van der Waals surface area contributed by atoms with Crippen LogP contribution in [0.3, 0.4) is 0 Å². The van der Waals surface area contributed by atoms with Gasteiger partial charge in [0.2, 0.25) is 0 Å². The van der Waals surface area contributed by atoms with Crippen molar-refractivity contribution in [1.29, 1.82) is 0 Å². The van der Waals surface area contributed by atoms with Crippen LogP contribution in [0.5, 0.6) is 0 Å². The van der Waals surface area contributed by atoms with Gasteiger partial charge in [-0.05, 0) is 31.9 Å². The number of rotatable bonds is 8. The van der Waals surface area contributed by atoms with E-state index in [1.165, 1.54) is 5.56 Å². The summed E-state index contributed by atoms with van der Waals surface area (Å²) in [5.41, 5.74) is -0.0283. The molecule has 2 rings (SSSR count). The molecule has 1 aliphatic rings. The number of carbonyl (C=O) groups is 1. The summed E-state index contributed by atoms with van der Waals surface area (Å²) in [4.78, 5) is 14.4. The molecule has 122 valence electrons. The SMILES string of the molecule is CNCCNCC1(O)CCCN(CCc2ccccc2)C1=O. The summed E-state index contributed by atoms with van der Waals surface area (Å²) >= 11 is 0. The van der Waals surface area contributed by atoms with Crippen LogP contribution in [0.15, 0.2) is 30.3 Å². The Bertz CT molecular complexity index is 466. The maximum Gasteiger partial charge on any atom is 0.255 e. The van der Waals surface area contributed by atoms with Crippen molar-refractivity contribution in [2.24, 2.45) is 0 Å². The highest BCUT2D eigenvalue weighted by molar-refractivity contribution is 5.86. The molecule has 0 bridgehead atoms. The minimum absolute atomic E-state index is 0.133. The number of likely N-dealkylation sites (tertiary alicyclic amines) is 1. The number of benzene rings is 1. The van der Waals surface area contributed by atoms with E-state index in [0.29, 0.717) is 19.5 Å². The number of piperidine rings is 1. The van der Waals surface area contributed by atoms with Gasteiger partial charge >= 0.3 is 0 Å². The summed E-state index contributed by atoms with van der Waals surface area (Å²) in [5, 5.41) is 16.8. The van der Waals surface area contributed by atoms with E-state index in [-0.39, 0.29) is 5.91 Å². The van der Waals surface area contributed by atoms with Gasteiger partial charge in [-0.25, -0.2) is 0 Å². The molecular weight excluding hydrogens is 278 g/mol. The van der Waals surface area contributed by atoms with E-state index in [4.69, 9.17) is 0 Å². The number of aliphatic hydroxyl groups is 1. The zero-order valence-corrected chi connectivity index (χ0v) is 13.3. The van der Waals surface area contributed by atoms with Crippen LogP contribution in [0.25, 0.3) is 0 Å². The van der Waals surface area contributed by atoms with Crippen LogP contribution in [0.4, 0.5) is 0 Å². The van der Waals surface area contributed by atoms with Crippen LogP contribution in [0.2, 0.25) is 0 Å². The number of nitrogens with zero attached hydrogens (tertiary/aromatic N) is 1. The molecule has 22 heavy (non-hydrogen) atoms. The van der Waals surface area contributed by atoms with Crippen LogP contribution >= 0.6 is 0 Å². The lowest BCUT2D eigenvalue weighted by molar-refractivity contribution is -0.156. The van der Waals surface area contributed by atoms with Gasteiger partial charge in [0.15, 0.2) is 5.60 Å². The van der Waals surface area contributed by atoms with E-state index in [2.05, 4.69) is 22.8 Å². The number of carbonyl (C=O) groups excluding carboxylic acids is 1. The third-order valence-corrected chi connectivity index (χ3v) is 4.19. The Balaban J connectivity index is 1.86. The van der Waals surface area contributed by atoms with Crippen molar-refractivity contribution >= 4 is 5.91 Å². The first-order chi connectivity index (χ1) is 10.7. The second-order valence-corrected chi connectivity index (χ2v) is 5.94. The Morgan fingerprint density at radius 2 is 2.05 bits per heavy atom. The maximum absolute atomic E-state index is 12.6. The third kappa shape index (κ3) is 4.53. The van der Waals surface area contributed by atoms with Crippen molar-refractivity contribution in [3.8, 4) is 0 Å². The van der Waals surface area contributed by atoms with Crippen molar-refractivity contribution in [1.82, 2.24) is 15.5 Å². The van der Waals surface area contributed by atoms with E-state index >= 15 is 0 Å². The number of nitrogens with one attached hydrogen (secondary N) is 2. The molecule has 1 saturated heterocycles.